The molecule has 1 aromatic heterocycles. The van der Waals surface area contributed by atoms with Gasteiger partial charge in [0, 0.05) is 6.42 Å². The van der Waals surface area contributed by atoms with Crippen molar-refractivity contribution in [2.45, 2.75) is 26.7 Å². The molecule has 0 radical (unpaired) electrons. The number of aromatic nitrogens is 2. The van der Waals surface area contributed by atoms with Gasteiger partial charge in [-0.25, -0.2) is 0 Å². The third kappa shape index (κ3) is 2.43. The van der Waals surface area contributed by atoms with E-state index < -0.39 is 0 Å². The zero-order valence-corrected chi connectivity index (χ0v) is 9.03. The van der Waals surface area contributed by atoms with E-state index in [2.05, 4.69) is 41.3 Å². The van der Waals surface area contributed by atoms with Crippen LogP contribution in [0, 0.1) is 13.8 Å². The first-order chi connectivity index (χ1) is 7.25. The lowest BCUT2D eigenvalue weighted by molar-refractivity contribution is 0.374. The minimum atomic E-state index is 0.704. The summed E-state index contributed by atoms with van der Waals surface area (Å²) in [6.45, 7) is 3.95. The Kier molecular flexibility index (Phi) is 2.81. The Balaban J connectivity index is 2.02. The van der Waals surface area contributed by atoms with Crippen LogP contribution in [0.4, 0.5) is 0 Å². The fourth-order valence-electron chi connectivity index (χ4n) is 1.57. The smallest absolute Gasteiger partial charge is 0.226 e. The Hall–Kier alpha value is -1.64. The molecule has 0 aliphatic carbocycles. The van der Waals surface area contributed by atoms with E-state index in [4.69, 9.17) is 4.52 Å². The van der Waals surface area contributed by atoms with Gasteiger partial charge in [0.15, 0.2) is 5.82 Å². The van der Waals surface area contributed by atoms with Gasteiger partial charge in [0.1, 0.15) is 0 Å². The highest BCUT2D eigenvalue weighted by molar-refractivity contribution is 5.25. The normalized spacial score (nSPS) is 10.5. The summed E-state index contributed by atoms with van der Waals surface area (Å²) in [5, 5.41) is 3.77. The van der Waals surface area contributed by atoms with Crippen molar-refractivity contribution in [2.75, 3.05) is 0 Å². The molecule has 15 heavy (non-hydrogen) atoms. The monoisotopic (exact) mass is 202 g/mol. The number of aryl methyl sites for hydroxylation is 4. The van der Waals surface area contributed by atoms with Crippen LogP contribution in [0.15, 0.2) is 28.8 Å². The van der Waals surface area contributed by atoms with Crippen molar-refractivity contribution in [3.8, 4) is 0 Å². The van der Waals surface area contributed by atoms with Crippen LogP contribution in [0.5, 0.6) is 0 Å². The van der Waals surface area contributed by atoms with Crippen molar-refractivity contribution in [3.63, 3.8) is 0 Å². The summed E-state index contributed by atoms with van der Waals surface area (Å²) in [6, 6.07) is 8.37. The van der Waals surface area contributed by atoms with Gasteiger partial charge < -0.3 is 4.52 Å². The van der Waals surface area contributed by atoms with E-state index in [-0.39, 0.29) is 0 Å². The van der Waals surface area contributed by atoms with Crippen molar-refractivity contribution in [2.24, 2.45) is 0 Å². The van der Waals surface area contributed by atoms with E-state index >= 15 is 0 Å². The minimum Gasteiger partial charge on any atom is -0.339 e. The standard InChI is InChI=1S/C12H14N2O/c1-9-5-3-4-6-11(9)7-8-12-13-10(2)14-15-12/h3-6H,7-8H2,1-2H3. The zero-order valence-electron chi connectivity index (χ0n) is 9.03. The maximum absolute atomic E-state index is 5.06. The van der Waals surface area contributed by atoms with Crippen molar-refractivity contribution in [1.82, 2.24) is 10.1 Å². The molecule has 3 nitrogen and oxygen atoms in total. The first kappa shape index (κ1) is 9.90. The second-order valence-electron chi connectivity index (χ2n) is 3.66. The van der Waals surface area contributed by atoms with E-state index in [1.807, 2.05) is 6.92 Å². The van der Waals surface area contributed by atoms with Gasteiger partial charge in [0.2, 0.25) is 5.89 Å². The topological polar surface area (TPSA) is 38.9 Å². The maximum Gasteiger partial charge on any atom is 0.226 e. The van der Waals surface area contributed by atoms with Crippen LogP contribution in [-0.4, -0.2) is 10.1 Å². The Morgan fingerprint density at radius 1 is 1.13 bits per heavy atom. The van der Waals surface area contributed by atoms with Crippen molar-refractivity contribution >= 4 is 0 Å². The first-order valence-electron chi connectivity index (χ1n) is 5.09. The van der Waals surface area contributed by atoms with Gasteiger partial charge in [-0.3, -0.25) is 0 Å². The van der Waals surface area contributed by atoms with Crippen LogP contribution in [0.3, 0.4) is 0 Å². The quantitative estimate of drug-likeness (QED) is 0.767. The largest absolute Gasteiger partial charge is 0.339 e. The number of hydrogen-bond donors (Lipinski definition) is 0. The van der Waals surface area contributed by atoms with Gasteiger partial charge in [0.25, 0.3) is 0 Å². The fourth-order valence-corrected chi connectivity index (χ4v) is 1.57. The summed E-state index contributed by atoms with van der Waals surface area (Å²) in [6.07, 6.45) is 1.76. The van der Waals surface area contributed by atoms with E-state index in [1.54, 1.807) is 0 Å². The lowest BCUT2D eigenvalue weighted by Crippen LogP contribution is -1.94. The summed E-state index contributed by atoms with van der Waals surface area (Å²) in [4.78, 5) is 4.18. The van der Waals surface area contributed by atoms with Crippen LogP contribution in [0.25, 0.3) is 0 Å². The molecule has 0 saturated carbocycles. The maximum atomic E-state index is 5.06. The first-order valence-corrected chi connectivity index (χ1v) is 5.09. The van der Waals surface area contributed by atoms with E-state index in [1.165, 1.54) is 11.1 Å². The van der Waals surface area contributed by atoms with Crippen molar-refractivity contribution < 1.29 is 4.52 Å². The molecule has 0 atom stereocenters. The molecule has 1 aromatic carbocycles. The molecular weight excluding hydrogens is 188 g/mol. The molecule has 0 bridgehead atoms. The number of hydrogen-bond acceptors (Lipinski definition) is 3. The average molecular weight is 202 g/mol. The summed E-state index contributed by atoms with van der Waals surface area (Å²) in [5.74, 6) is 1.42. The lowest BCUT2D eigenvalue weighted by atomic mass is 10.0. The SMILES string of the molecule is Cc1noc(CCc2ccccc2C)n1. The van der Waals surface area contributed by atoms with Gasteiger partial charge >= 0.3 is 0 Å². The predicted octanol–water partition coefficient (Wildman–Crippen LogP) is 2.47. The molecule has 1 heterocycles. The zero-order chi connectivity index (χ0) is 10.7. The molecular formula is C12H14N2O. The van der Waals surface area contributed by atoms with E-state index in [0.29, 0.717) is 5.82 Å². The van der Waals surface area contributed by atoms with Crippen molar-refractivity contribution in [3.05, 3.63) is 47.1 Å². The van der Waals surface area contributed by atoms with Gasteiger partial charge in [-0.1, -0.05) is 29.4 Å². The van der Waals surface area contributed by atoms with Crippen LogP contribution in [0.2, 0.25) is 0 Å². The Labute approximate surface area is 89.1 Å². The van der Waals surface area contributed by atoms with Crippen LogP contribution in [0.1, 0.15) is 22.8 Å². The van der Waals surface area contributed by atoms with E-state index in [9.17, 15) is 0 Å². The summed E-state index contributed by atoms with van der Waals surface area (Å²) < 4.78 is 5.06. The number of benzene rings is 1. The molecule has 3 heteroatoms. The van der Waals surface area contributed by atoms with Gasteiger partial charge in [-0.15, -0.1) is 0 Å². The predicted molar refractivity (Wildman–Crippen MR) is 57.6 cm³/mol. The molecule has 78 valence electrons. The van der Waals surface area contributed by atoms with Gasteiger partial charge in [0.05, 0.1) is 0 Å². The number of rotatable bonds is 3. The highest BCUT2D eigenvalue weighted by Crippen LogP contribution is 2.10. The van der Waals surface area contributed by atoms with Crippen molar-refractivity contribution in [1.29, 1.82) is 0 Å². The fraction of sp³-hybridized carbons (Fsp3) is 0.333. The Morgan fingerprint density at radius 2 is 1.93 bits per heavy atom. The molecule has 2 rings (SSSR count). The second-order valence-corrected chi connectivity index (χ2v) is 3.66. The summed E-state index contributed by atoms with van der Waals surface area (Å²) in [5.41, 5.74) is 2.65. The van der Waals surface area contributed by atoms with Crippen LogP contribution >= 0.6 is 0 Å². The molecule has 2 aromatic rings. The Bertz CT molecular complexity index is 448. The highest BCUT2D eigenvalue weighted by atomic mass is 16.5. The van der Waals surface area contributed by atoms with Gasteiger partial charge in [-0.05, 0) is 31.4 Å². The molecule has 0 amide bonds. The summed E-state index contributed by atoms with van der Waals surface area (Å²) in [7, 11) is 0. The third-order valence-corrected chi connectivity index (χ3v) is 2.44. The van der Waals surface area contributed by atoms with Crippen LogP contribution < -0.4 is 0 Å². The average Bonchev–Trinajstić information content (AvgIpc) is 2.63. The van der Waals surface area contributed by atoms with Crippen LogP contribution in [-0.2, 0) is 12.8 Å². The lowest BCUT2D eigenvalue weighted by Gasteiger charge is -2.02. The Morgan fingerprint density at radius 3 is 2.60 bits per heavy atom. The summed E-state index contributed by atoms with van der Waals surface area (Å²) >= 11 is 0. The highest BCUT2D eigenvalue weighted by Gasteiger charge is 2.04. The van der Waals surface area contributed by atoms with E-state index in [0.717, 1.165) is 18.7 Å². The molecule has 0 saturated heterocycles. The molecule has 0 unspecified atom stereocenters. The number of nitrogens with zero attached hydrogens (tertiary/aromatic N) is 2. The molecule has 0 N–H and O–H groups in total. The minimum absolute atomic E-state index is 0.704. The second kappa shape index (κ2) is 4.26. The molecule has 0 spiro atoms. The molecule has 0 aliphatic rings. The molecule has 0 fully saturated rings. The third-order valence-electron chi connectivity index (χ3n) is 2.44. The van der Waals surface area contributed by atoms with Gasteiger partial charge in [-0.2, -0.15) is 4.98 Å². The molecule has 0 aliphatic heterocycles.